The van der Waals surface area contributed by atoms with Crippen LogP contribution in [-0.4, -0.2) is 49.5 Å². The lowest BCUT2D eigenvalue weighted by molar-refractivity contribution is 0.0716. The van der Waals surface area contributed by atoms with Gasteiger partial charge in [-0.15, -0.1) is 0 Å². The van der Waals surface area contributed by atoms with E-state index in [0.717, 1.165) is 11.3 Å². The molecule has 0 saturated carbocycles. The molecule has 0 bridgehead atoms. The van der Waals surface area contributed by atoms with E-state index in [4.69, 9.17) is 9.15 Å². The van der Waals surface area contributed by atoms with Gasteiger partial charge < -0.3 is 19.0 Å². The van der Waals surface area contributed by atoms with E-state index in [9.17, 15) is 9.59 Å². The summed E-state index contributed by atoms with van der Waals surface area (Å²) in [6.45, 7) is 3.68. The van der Waals surface area contributed by atoms with Crippen molar-refractivity contribution in [3.8, 4) is 5.75 Å². The van der Waals surface area contributed by atoms with Gasteiger partial charge in [-0.2, -0.15) is 0 Å². The van der Waals surface area contributed by atoms with Crippen LogP contribution in [0.1, 0.15) is 34.6 Å². The van der Waals surface area contributed by atoms with Crippen molar-refractivity contribution in [2.75, 3.05) is 33.8 Å². The van der Waals surface area contributed by atoms with E-state index >= 15 is 0 Å². The Labute approximate surface area is 169 Å². The smallest absolute Gasteiger partial charge is 0.290 e. The quantitative estimate of drug-likeness (QED) is 0.644. The SMILES string of the molecule is CCOc1ccc(C2c3c(oc4ccccc4c3=O)C(=O)N2CCN(C)C)cc1. The fraction of sp³-hybridized carbons (Fsp3) is 0.304. The van der Waals surface area contributed by atoms with Gasteiger partial charge in [-0.3, -0.25) is 9.59 Å². The lowest BCUT2D eigenvalue weighted by Crippen LogP contribution is -2.35. The third-order valence-electron chi connectivity index (χ3n) is 5.17. The van der Waals surface area contributed by atoms with Gasteiger partial charge in [0.25, 0.3) is 5.91 Å². The Morgan fingerprint density at radius 1 is 1.07 bits per heavy atom. The molecule has 0 fully saturated rings. The number of carbonyl (C=O) groups excluding carboxylic acids is 1. The highest BCUT2D eigenvalue weighted by Crippen LogP contribution is 2.38. The van der Waals surface area contributed by atoms with Gasteiger partial charge in [0.2, 0.25) is 5.76 Å². The number of likely N-dealkylation sites (N-methyl/N-ethyl adjacent to an activating group) is 1. The minimum Gasteiger partial charge on any atom is -0.494 e. The predicted octanol–water partition coefficient (Wildman–Crippen LogP) is 3.30. The summed E-state index contributed by atoms with van der Waals surface area (Å²) >= 11 is 0. The number of carbonyl (C=O) groups is 1. The molecule has 0 aliphatic carbocycles. The highest BCUT2D eigenvalue weighted by Gasteiger charge is 2.42. The van der Waals surface area contributed by atoms with Gasteiger partial charge in [0.05, 0.1) is 23.6 Å². The van der Waals surface area contributed by atoms with Gasteiger partial charge in [0, 0.05) is 13.1 Å². The molecular formula is C23H24N2O4. The average Bonchev–Trinajstić information content (AvgIpc) is 2.99. The third-order valence-corrected chi connectivity index (χ3v) is 5.17. The second kappa shape index (κ2) is 7.72. The summed E-state index contributed by atoms with van der Waals surface area (Å²) in [5, 5.41) is 0.490. The molecule has 2 aromatic carbocycles. The van der Waals surface area contributed by atoms with E-state index < -0.39 is 6.04 Å². The number of hydrogen-bond donors (Lipinski definition) is 0. The number of hydrogen-bond acceptors (Lipinski definition) is 5. The van der Waals surface area contributed by atoms with E-state index in [1.54, 1.807) is 29.2 Å². The zero-order valence-corrected chi connectivity index (χ0v) is 16.8. The number of fused-ring (bicyclic) bond motifs is 2. The first-order valence-electron chi connectivity index (χ1n) is 9.75. The fourth-order valence-corrected chi connectivity index (χ4v) is 3.77. The lowest BCUT2D eigenvalue weighted by Gasteiger charge is -2.26. The molecule has 1 aliphatic rings. The minimum absolute atomic E-state index is 0.145. The maximum atomic E-state index is 13.3. The van der Waals surface area contributed by atoms with Crippen LogP contribution in [0, 0.1) is 0 Å². The molecule has 4 rings (SSSR count). The summed E-state index contributed by atoms with van der Waals surface area (Å²) in [5.41, 5.74) is 1.56. The fourth-order valence-electron chi connectivity index (χ4n) is 3.77. The Hall–Kier alpha value is -3.12. The van der Waals surface area contributed by atoms with Crippen molar-refractivity contribution in [3.05, 3.63) is 75.6 Å². The van der Waals surface area contributed by atoms with Crippen molar-refractivity contribution in [3.63, 3.8) is 0 Å². The molecule has 1 amide bonds. The average molecular weight is 392 g/mol. The van der Waals surface area contributed by atoms with E-state index in [1.165, 1.54) is 0 Å². The van der Waals surface area contributed by atoms with Gasteiger partial charge >= 0.3 is 0 Å². The van der Waals surface area contributed by atoms with Crippen LogP contribution in [0.25, 0.3) is 11.0 Å². The number of benzene rings is 2. The molecule has 6 nitrogen and oxygen atoms in total. The normalized spacial score (nSPS) is 15.9. The van der Waals surface area contributed by atoms with Crippen LogP contribution in [-0.2, 0) is 0 Å². The van der Waals surface area contributed by atoms with E-state index in [0.29, 0.717) is 36.2 Å². The molecule has 1 aliphatic heterocycles. The molecule has 0 spiro atoms. The molecule has 0 N–H and O–H groups in total. The first kappa shape index (κ1) is 19.2. The summed E-state index contributed by atoms with van der Waals surface area (Å²) in [6.07, 6.45) is 0. The number of amides is 1. The number of para-hydroxylation sites is 1. The summed E-state index contributed by atoms with van der Waals surface area (Å²) < 4.78 is 11.5. The van der Waals surface area contributed by atoms with Crippen LogP contribution in [0.4, 0.5) is 0 Å². The van der Waals surface area contributed by atoms with Crippen molar-refractivity contribution in [2.24, 2.45) is 0 Å². The van der Waals surface area contributed by atoms with Crippen molar-refractivity contribution in [1.82, 2.24) is 9.80 Å². The second-order valence-electron chi connectivity index (χ2n) is 7.38. The summed E-state index contributed by atoms with van der Waals surface area (Å²) in [5.74, 6) is 0.654. The highest BCUT2D eigenvalue weighted by atomic mass is 16.5. The molecule has 150 valence electrons. The molecule has 1 atom stereocenters. The van der Waals surface area contributed by atoms with Crippen molar-refractivity contribution in [1.29, 1.82) is 0 Å². The van der Waals surface area contributed by atoms with Crippen molar-refractivity contribution >= 4 is 16.9 Å². The molecule has 1 aromatic heterocycles. The van der Waals surface area contributed by atoms with Crippen LogP contribution in [0.3, 0.4) is 0 Å². The van der Waals surface area contributed by atoms with Crippen LogP contribution in [0.5, 0.6) is 5.75 Å². The Kier molecular flexibility index (Phi) is 5.11. The predicted molar refractivity (Wildman–Crippen MR) is 112 cm³/mol. The van der Waals surface area contributed by atoms with Crippen LogP contribution >= 0.6 is 0 Å². The number of nitrogens with zero attached hydrogens (tertiary/aromatic N) is 2. The minimum atomic E-state index is -0.478. The van der Waals surface area contributed by atoms with Gasteiger partial charge in [0.1, 0.15) is 11.3 Å². The van der Waals surface area contributed by atoms with Crippen molar-refractivity contribution < 1.29 is 13.9 Å². The summed E-state index contributed by atoms with van der Waals surface area (Å²) in [7, 11) is 3.91. The zero-order valence-electron chi connectivity index (χ0n) is 16.8. The molecule has 29 heavy (non-hydrogen) atoms. The molecule has 6 heteroatoms. The maximum Gasteiger partial charge on any atom is 0.290 e. The summed E-state index contributed by atoms with van der Waals surface area (Å²) in [6, 6.07) is 14.1. The number of rotatable bonds is 6. The van der Waals surface area contributed by atoms with E-state index in [1.807, 2.05) is 50.2 Å². The zero-order chi connectivity index (χ0) is 20.5. The van der Waals surface area contributed by atoms with Crippen LogP contribution in [0.2, 0.25) is 0 Å². The lowest BCUT2D eigenvalue weighted by atomic mass is 9.98. The maximum absolute atomic E-state index is 13.3. The molecular weight excluding hydrogens is 368 g/mol. The Balaban J connectivity index is 1.87. The van der Waals surface area contributed by atoms with Crippen molar-refractivity contribution in [2.45, 2.75) is 13.0 Å². The Morgan fingerprint density at radius 3 is 2.48 bits per heavy atom. The second-order valence-corrected chi connectivity index (χ2v) is 7.38. The van der Waals surface area contributed by atoms with E-state index in [-0.39, 0.29) is 17.1 Å². The standard InChI is InChI=1S/C23H24N2O4/c1-4-28-16-11-9-15(10-12-16)20-19-21(26)17-7-5-6-8-18(17)29-22(19)23(27)25(20)14-13-24(2)3/h5-12,20H,4,13-14H2,1-3H3. The molecule has 0 radical (unpaired) electrons. The first-order valence-corrected chi connectivity index (χ1v) is 9.75. The molecule has 0 saturated heterocycles. The topological polar surface area (TPSA) is 63.0 Å². The molecule has 2 heterocycles. The van der Waals surface area contributed by atoms with Crippen LogP contribution in [0.15, 0.2) is 57.7 Å². The Bertz CT molecular complexity index is 1100. The third kappa shape index (κ3) is 3.40. The highest BCUT2D eigenvalue weighted by molar-refractivity contribution is 5.99. The number of ether oxygens (including phenoxy) is 1. The van der Waals surface area contributed by atoms with Gasteiger partial charge in [-0.05, 0) is 50.8 Å². The van der Waals surface area contributed by atoms with Crippen LogP contribution < -0.4 is 10.2 Å². The summed E-state index contributed by atoms with van der Waals surface area (Å²) in [4.78, 5) is 30.3. The largest absolute Gasteiger partial charge is 0.494 e. The van der Waals surface area contributed by atoms with E-state index in [2.05, 4.69) is 0 Å². The molecule has 1 unspecified atom stereocenters. The first-order chi connectivity index (χ1) is 14.0. The van der Waals surface area contributed by atoms with Gasteiger partial charge in [-0.25, -0.2) is 0 Å². The van der Waals surface area contributed by atoms with Gasteiger partial charge in [0.15, 0.2) is 5.43 Å². The van der Waals surface area contributed by atoms with Gasteiger partial charge in [-0.1, -0.05) is 24.3 Å². The monoisotopic (exact) mass is 392 g/mol. The molecule has 3 aromatic rings. The Morgan fingerprint density at radius 2 is 1.79 bits per heavy atom.